The van der Waals surface area contributed by atoms with Crippen LogP contribution in [0.2, 0.25) is 0 Å². The lowest BCUT2D eigenvalue weighted by molar-refractivity contribution is 0.102. The molecule has 0 saturated heterocycles. The van der Waals surface area contributed by atoms with Crippen LogP contribution in [0.15, 0.2) is 41.4 Å². The van der Waals surface area contributed by atoms with Crippen molar-refractivity contribution in [2.24, 2.45) is 5.14 Å². The molecule has 7 nitrogen and oxygen atoms in total. The van der Waals surface area contributed by atoms with Crippen molar-refractivity contribution in [2.45, 2.75) is 4.90 Å². The van der Waals surface area contributed by atoms with E-state index in [1.165, 1.54) is 30.5 Å². The summed E-state index contributed by atoms with van der Waals surface area (Å²) < 4.78 is 22.4. The molecule has 0 bridgehead atoms. The van der Waals surface area contributed by atoms with Gasteiger partial charge in [-0.2, -0.15) is 0 Å². The Kier molecular flexibility index (Phi) is 3.28. The SMILES string of the molecule is Nc1c[nH]c(C(=O)Nc2cccc(S(N)(=O)=O)c2)c1. The normalized spacial score (nSPS) is 11.2. The van der Waals surface area contributed by atoms with Crippen LogP contribution < -0.4 is 16.2 Å². The van der Waals surface area contributed by atoms with E-state index in [9.17, 15) is 13.2 Å². The Morgan fingerprint density at radius 2 is 2.00 bits per heavy atom. The molecule has 1 aromatic carbocycles. The number of sulfonamides is 1. The number of amides is 1. The summed E-state index contributed by atoms with van der Waals surface area (Å²) in [5.41, 5.74) is 6.52. The highest BCUT2D eigenvalue weighted by Gasteiger charge is 2.11. The average molecular weight is 280 g/mol. The quantitative estimate of drug-likeness (QED) is 0.651. The largest absolute Gasteiger partial charge is 0.397 e. The predicted molar refractivity (Wildman–Crippen MR) is 71.0 cm³/mol. The zero-order chi connectivity index (χ0) is 14.0. The minimum Gasteiger partial charge on any atom is -0.397 e. The Hall–Kier alpha value is -2.32. The molecule has 6 N–H and O–H groups in total. The molecule has 0 atom stereocenters. The summed E-state index contributed by atoms with van der Waals surface area (Å²) in [6.45, 7) is 0. The number of hydrogen-bond acceptors (Lipinski definition) is 4. The second kappa shape index (κ2) is 4.75. The van der Waals surface area contributed by atoms with E-state index in [1.54, 1.807) is 6.07 Å². The summed E-state index contributed by atoms with van der Waals surface area (Å²) in [7, 11) is -3.80. The molecule has 0 saturated carbocycles. The van der Waals surface area contributed by atoms with E-state index in [1.807, 2.05) is 0 Å². The summed E-state index contributed by atoms with van der Waals surface area (Å²) in [5, 5.41) is 7.55. The molecule has 0 unspecified atom stereocenters. The fourth-order valence-corrected chi connectivity index (χ4v) is 2.05. The lowest BCUT2D eigenvalue weighted by Crippen LogP contribution is -2.15. The number of carbonyl (C=O) groups excluding carboxylic acids is 1. The predicted octanol–water partition coefficient (Wildman–Crippen LogP) is 0.497. The van der Waals surface area contributed by atoms with Crippen molar-refractivity contribution in [3.05, 3.63) is 42.2 Å². The van der Waals surface area contributed by atoms with E-state index in [4.69, 9.17) is 10.9 Å². The highest BCUT2D eigenvalue weighted by Crippen LogP contribution is 2.15. The van der Waals surface area contributed by atoms with Crippen LogP contribution in [0.25, 0.3) is 0 Å². The van der Waals surface area contributed by atoms with Crippen LogP contribution >= 0.6 is 0 Å². The zero-order valence-corrected chi connectivity index (χ0v) is 10.6. The molecular weight excluding hydrogens is 268 g/mol. The lowest BCUT2D eigenvalue weighted by atomic mass is 10.3. The van der Waals surface area contributed by atoms with Gasteiger partial charge in [-0.05, 0) is 24.3 Å². The first-order valence-corrected chi connectivity index (χ1v) is 6.79. The maximum atomic E-state index is 11.8. The van der Waals surface area contributed by atoms with Gasteiger partial charge in [0.25, 0.3) is 5.91 Å². The Morgan fingerprint density at radius 3 is 2.58 bits per heavy atom. The molecule has 2 rings (SSSR count). The molecule has 1 aromatic heterocycles. The Balaban J connectivity index is 2.22. The number of H-pyrrole nitrogens is 1. The lowest BCUT2D eigenvalue weighted by Gasteiger charge is -2.05. The second-order valence-electron chi connectivity index (χ2n) is 3.87. The van der Waals surface area contributed by atoms with Crippen LogP contribution in [0.1, 0.15) is 10.5 Å². The Bertz CT molecular complexity index is 721. The number of nitrogen functional groups attached to an aromatic ring is 1. The molecule has 2 aromatic rings. The monoisotopic (exact) mass is 280 g/mol. The first kappa shape index (κ1) is 13.1. The number of anilines is 2. The number of nitrogens with one attached hydrogen (secondary N) is 2. The van der Waals surface area contributed by atoms with E-state index in [0.717, 1.165) is 0 Å². The van der Waals surface area contributed by atoms with Gasteiger partial charge >= 0.3 is 0 Å². The van der Waals surface area contributed by atoms with Crippen LogP contribution in [0.3, 0.4) is 0 Å². The second-order valence-corrected chi connectivity index (χ2v) is 5.44. The van der Waals surface area contributed by atoms with Crippen molar-refractivity contribution in [1.82, 2.24) is 4.98 Å². The maximum absolute atomic E-state index is 11.8. The van der Waals surface area contributed by atoms with Crippen LogP contribution in [-0.2, 0) is 10.0 Å². The molecule has 100 valence electrons. The minimum atomic E-state index is -3.80. The van der Waals surface area contributed by atoms with Crippen molar-refractivity contribution in [3.8, 4) is 0 Å². The highest BCUT2D eigenvalue weighted by molar-refractivity contribution is 7.89. The third-order valence-electron chi connectivity index (χ3n) is 2.37. The highest BCUT2D eigenvalue weighted by atomic mass is 32.2. The van der Waals surface area contributed by atoms with Crippen LogP contribution in [-0.4, -0.2) is 19.3 Å². The number of carbonyl (C=O) groups is 1. The number of primary sulfonamides is 1. The number of benzene rings is 1. The van der Waals surface area contributed by atoms with Gasteiger partial charge in [-0.3, -0.25) is 4.79 Å². The van der Waals surface area contributed by atoms with Crippen molar-refractivity contribution in [1.29, 1.82) is 0 Å². The summed E-state index contributed by atoms with van der Waals surface area (Å²) in [4.78, 5) is 14.4. The van der Waals surface area contributed by atoms with Crippen LogP contribution in [0.4, 0.5) is 11.4 Å². The van der Waals surface area contributed by atoms with Gasteiger partial charge < -0.3 is 16.0 Å². The van der Waals surface area contributed by atoms with Crippen molar-refractivity contribution in [2.75, 3.05) is 11.1 Å². The van der Waals surface area contributed by atoms with Crippen LogP contribution in [0, 0.1) is 0 Å². The molecule has 0 spiro atoms. The zero-order valence-electron chi connectivity index (χ0n) is 9.75. The summed E-state index contributed by atoms with van der Waals surface area (Å²) >= 11 is 0. The van der Waals surface area contributed by atoms with Gasteiger partial charge in [0.1, 0.15) is 5.69 Å². The van der Waals surface area contributed by atoms with Crippen molar-refractivity contribution >= 4 is 27.3 Å². The van der Waals surface area contributed by atoms with Crippen molar-refractivity contribution < 1.29 is 13.2 Å². The molecular formula is C11H12N4O3S. The molecule has 19 heavy (non-hydrogen) atoms. The fraction of sp³-hybridized carbons (Fsp3) is 0. The summed E-state index contributed by atoms with van der Waals surface area (Å²) in [6, 6.07) is 7.13. The van der Waals surface area contributed by atoms with E-state index >= 15 is 0 Å². The number of hydrogen-bond donors (Lipinski definition) is 4. The van der Waals surface area contributed by atoms with Gasteiger partial charge in [-0.15, -0.1) is 0 Å². The van der Waals surface area contributed by atoms with E-state index in [-0.39, 0.29) is 10.6 Å². The van der Waals surface area contributed by atoms with Gasteiger partial charge in [0.15, 0.2) is 0 Å². The smallest absolute Gasteiger partial charge is 0.272 e. The van der Waals surface area contributed by atoms with Gasteiger partial charge in [0, 0.05) is 17.6 Å². The Morgan fingerprint density at radius 1 is 1.26 bits per heavy atom. The minimum absolute atomic E-state index is 0.0729. The molecule has 0 aliphatic carbocycles. The van der Waals surface area contributed by atoms with Gasteiger partial charge in [-0.1, -0.05) is 6.07 Å². The van der Waals surface area contributed by atoms with E-state index in [2.05, 4.69) is 10.3 Å². The average Bonchev–Trinajstić information content (AvgIpc) is 2.75. The fourth-order valence-electron chi connectivity index (χ4n) is 1.49. The topological polar surface area (TPSA) is 131 Å². The number of nitrogens with two attached hydrogens (primary N) is 2. The molecule has 1 heterocycles. The third-order valence-corrected chi connectivity index (χ3v) is 3.28. The molecule has 1 amide bonds. The summed E-state index contributed by atoms with van der Waals surface area (Å²) in [5.74, 6) is -0.428. The standard InChI is InChI=1S/C11H12N4O3S/c12-7-4-10(14-6-7)11(16)15-8-2-1-3-9(5-8)19(13,17)18/h1-6,14H,12H2,(H,15,16)(H2,13,17,18). The van der Waals surface area contributed by atoms with E-state index in [0.29, 0.717) is 11.4 Å². The molecule has 8 heteroatoms. The van der Waals surface area contributed by atoms with Gasteiger partial charge in [0.05, 0.1) is 4.90 Å². The Labute approximate surface area is 109 Å². The van der Waals surface area contributed by atoms with Crippen LogP contribution in [0.5, 0.6) is 0 Å². The summed E-state index contributed by atoms with van der Waals surface area (Å²) in [6.07, 6.45) is 1.48. The van der Waals surface area contributed by atoms with E-state index < -0.39 is 15.9 Å². The first-order chi connectivity index (χ1) is 8.86. The van der Waals surface area contributed by atoms with Gasteiger partial charge in [0.2, 0.25) is 10.0 Å². The first-order valence-electron chi connectivity index (χ1n) is 5.24. The number of aromatic nitrogens is 1. The molecule has 0 aliphatic rings. The third kappa shape index (κ3) is 3.12. The molecule has 0 fully saturated rings. The van der Waals surface area contributed by atoms with Crippen molar-refractivity contribution in [3.63, 3.8) is 0 Å². The molecule has 0 aliphatic heterocycles. The number of aromatic amines is 1. The number of rotatable bonds is 3. The van der Waals surface area contributed by atoms with Gasteiger partial charge in [-0.25, -0.2) is 13.6 Å². The molecule has 0 radical (unpaired) electrons. The maximum Gasteiger partial charge on any atom is 0.272 e.